The summed E-state index contributed by atoms with van der Waals surface area (Å²) in [6, 6.07) is 24.3. The molecular weight excluding hydrogens is 422 g/mol. The van der Waals surface area contributed by atoms with Crippen molar-refractivity contribution in [1.82, 2.24) is 14.9 Å². The van der Waals surface area contributed by atoms with Crippen LogP contribution in [0.1, 0.15) is 28.9 Å². The molecule has 5 heteroatoms. The van der Waals surface area contributed by atoms with Crippen molar-refractivity contribution in [2.45, 2.75) is 33.2 Å². The van der Waals surface area contributed by atoms with Gasteiger partial charge in [0.1, 0.15) is 18.2 Å². The third kappa shape index (κ3) is 6.35. The molecule has 4 rings (SSSR count). The number of hydrogen-bond donors (Lipinski definition) is 1. The average Bonchev–Trinajstić information content (AvgIpc) is 3.18. The lowest BCUT2D eigenvalue weighted by molar-refractivity contribution is -0.116. The van der Waals surface area contributed by atoms with E-state index in [1.54, 1.807) is 6.08 Å². The third-order valence-electron chi connectivity index (χ3n) is 5.62. The molecule has 1 amide bonds. The minimum Gasteiger partial charge on any atom is -0.492 e. The van der Waals surface area contributed by atoms with Crippen molar-refractivity contribution in [2.75, 3.05) is 13.2 Å². The summed E-state index contributed by atoms with van der Waals surface area (Å²) >= 11 is 0. The first-order chi connectivity index (χ1) is 16.6. The molecule has 0 atom stereocenters. The molecule has 0 fully saturated rings. The van der Waals surface area contributed by atoms with E-state index in [-0.39, 0.29) is 5.91 Å². The molecule has 0 aliphatic heterocycles. The predicted octanol–water partition coefficient (Wildman–Crippen LogP) is 5.49. The minimum absolute atomic E-state index is 0.0841. The van der Waals surface area contributed by atoms with Gasteiger partial charge in [-0.1, -0.05) is 48.5 Å². The maximum Gasteiger partial charge on any atom is 0.243 e. The van der Waals surface area contributed by atoms with Gasteiger partial charge in [-0.3, -0.25) is 4.79 Å². The second-order valence-electron chi connectivity index (χ2n) is 8.48. The van der Waals surface area contributed by atoms with Crippen LogP contribution in [-0.2, 0) is 17.8 Å². The molecule has 0 saturated carbocycles. The molecule has 0 spiro atoms. The number of carbonyl (C=O) groups excluding carboxylic acids is 1. The number of aryl methyl sites for hydroxylation is 3. The topological polar surface area (TPSA) is 56.1 Å². The van der Waals surface area contributed by atoms with Crippen molar-refractivity contribution in [2.24, 2.45) is 0 Å². The summed E-state index contributed by atoms with van der Waals surface area (Å²) in [4.78, 5) is 17.0. The van der Waals surface area contributed by atoms with Gasteiger partial charge in [0.25, 0.3) is 0 Å². The van der Waals surface area contributed by atoms with Crippen LogP contribution in [0.4, 0.5) is 0 Å². The number of nitrogens with one attached hydrogen (secondary N) is 1. The van der Waals surface area contributed by atoms with Crippen LogP contribution in [0.25, 0.3) is 17.1 Å². The summed E-state index contributed by atoms with van der Waals surface area (Å²) in [6.07, 6.45) is 4.99. The molecule has 1 N–H and O–H groups in total. The zero-order valence-corrected chi connectivity index (χ0v) is 19.8. The SMILES string of the molecule is Cc1cc(C)cc(OCCn2c(CCCNC(=O)/C=C/c3ccccc3)nc3ccccc32)c1. The molecule has 174 valence electrons. The number of amides is 1. The van der Waals surface area contributed by atoms with E-state index in [9.17, 15) is 4.79 Å². The largest absolute Gasteiger partial charge is 0.492 e. The molecule has 34 heavy (non-hydrogen) atoms. The molecule has 4 aromatic rings. The van der Waals surface area contributed by atoms with Crippen LogP contribution in [-0.4, -0.2) is 28.6 Å². The van der Waals surface area contributed by atoms with Crippen LogP contribution < -0.4 is 10.1 Å². The molecule has 0 radical (unpaired) electrons. The Balaban J connectivity index is 1.33. The number of para-hydroxylation sites is 2. The lowest BCUT2D eigenvalue weighted by Gasteiger charge is -2.12. The van der Waals surface area contributed by atoms with Crippen molar-refractivity contribution >= 4 is 23.0 Å². The van der Waals surface area contributed by atoms with Crippen molar-refractivity contribution in [1.29, 1.82) is 0 Å². The number of ether oxygens (including phenoxy) is 1. The van der Waals surface area contributed by atoms with Crippen molar-refractivity contribution < 1.29 is 9.53 Å². The Morgan fingerprint density at radius 1 is 1.00 bits per heavy atom. The fourth-order valence-corrected chi connectivity index (χ4v) is 4.09. The van der Waals surface area contributed by atoms with Crippen LogP contribution in [0.5, 0.6) is 5.75 Å². The fraction of sp³-hybridized carbons (Fsp3) is 0.241. The lowest BCUT2D eigenvalue weighted by atomic mass is 10.1. The van der Waals surface area contributed by atoms with Crippen LogP contribution in [0.2, 0.25) is 0 Å². The zero-order valence-electron chi connectivity index (χ0n) is 19.8. The molecule has 0 saturated heterocycles. The highest BCUT2D eigenvalue weighted by molar-refractivity contribution is 5.91. The Morgan fingerprint density at radius 3 is 2.53 bits per heavy atom. The first-order valence-electron chi connectivity index (χ1n) is 11.7. The Bertz CT molecular complexity index is 1260. The standard InChI is InChI=1S/C29H31N3O2/c1-22-19-23(2)21-25(20-22)34-18-17-32-27-12-7-6-11-26(27)31-28(32)13-8-16-30-29(33)15-14-24-9-4-3-5-10-24/h3-7,9-12,14-15,19-21H,8,13,16-18H2,1-2H3,(H,30,33)/b15-14+. The summed E-state index contributed by atoms with van der Waals surface area (Å²) in [5, 5.41) is 2.96. The maximum absolute atomic E-state index is 12.1. The summed E-state index contributed by atoms with van der Waals surface area (Å²) in [7, 11) is 0. The number of hydrogen-bond acceptors (Lipinski definition) is 3. The number of imidazole rings is 1. The second kappa shape index (κ2) is 11.3. The summed E-state index contributed by atoms with van der Waals surface area (Å²) in [5.74, 6) is 1.83. The normalized spacial score (nSPS) is 11.2. The van der Waals surface area contributed by atoms with Crippen molar-refractivity contribution in [3.05, 3.63) is 101 Å². The Hall–Kier alpha value is -3.86. The van der Waals surface area contributed by atoms with Gasteiger partial charge in [-0.05, 0) is 67.3 Å². The predicted molar refractivity (Wildman–Crippen MR) is 138 cm³/mol. The van der Waals surface area contributed by atoms with E-state index in [1.165, 1.54) is 11.1 Å². The van der Waals surface area contributed by atoms with Gasteiger partial charge in [0.15, 0.2) is 0 Å². The van der Waals surface area contributed by atoms with Crippen LogP contribution in [0.15, 0.2) is 78.9 Å². The Kier molecular flexibility index (Phi) is 7.76. The second-order valence-corrected chi connectivity index (χ2v) is 8.48. The molecule has 0 aliphatic carbocycles. The zero-order chi connectivity index (χ0) is 23.8. The van der Waals surface area contributed by atoms with E-state index in [2.05, 4.69) is 48.0 Å². The van der Waals surface area contributed by atoms with Crippen molar-refractivity contribution in [3.8, 4) is 5.75 Å². The highest BCUT2D eigenvalue weighted by Gasteiger charge is 2.11. The van der Waals surface area contributed by atoms with Gasteiger partial charge in [-0.15, -0.1) is 0 Å². The number of nitrogens with zero attached hydrogens (tertiary/aromatic N) is 2. The van der Waals surface area contributed by atoms with Gasteiger partial charge in [0.2, 0.25) is 5.91 Å². The van der Waals surface area contributed by atoms with E-state index < -0.39 is 0 Å². The smallest absolute Gasteiger partial charge is 0.243 e. The number of rotatable bonds is 10. The Morgan fingerprint density at radius 2 is 1.74 bits per heavy atom. The maximum atomic E-state index is 12.1. The first-order valence-corrected chi connectivity index (χ1v) is 11.7. The molecule has 0 aliphatic rings. The van der Waals surface area contributed by atoms with E-state index in [1.807, 2.05) is 54.6 Å². The van der Waals surface area contributed by atoms with E-state index in [0.717, 1.165) is 47.6 Å². The van der Waals surface area contributed by atoms with E-state index in [4.69, 9.17) is 9.72 Å². The molecular formula is C29H31N3O2. The van der Waals surface area contributed by atoms with E-state index in [0.29, 0.717) is 13.2 Å². The Labute approximate surface area is 201 Å². The van der Waals surface area contributed by atoms with E-state index >= 15 is 0 Å². The highest BCUT2D eigenvalue weighted by Crippen LogP contribution is 2.19. The molecule has 0 unspecified atom stereocenters. The minimum atomic E-state index is -0.0841. The van der Waals surface area contributed by atoms with Gasteiger partial charge < -0.3 is 14.6 Å². The number of carbonyl (C=O) groups is 1. The molecule has 3 aromatic carbocycles. The number of fused-ring (bicyclic) bond motifs is 1. The number of benzene rings is 3. The first kappa shape index (κ1) is 23.3. The van der Waals surface area contributed by atoms with Gasteiger partial charge in [-0.2, -0.15) is 0 Å². The quantitative estimate of drug-likeness (QED) is 0.255. The van der Waals surface area contributed by atoms with Crippen LogP contribution in [0.3, 0.4) is 0 Å². The molecule has 5 nitrogen and oxygen atoms in total. The molecule has 1 aromatic heterocycles. The van der Waals surface area contributed by atoms with Gasteiger partial charge in [0, 0.05) is 19.0 Å². The monoisotopic (exact) mass is 453 g/mol. The van der Waals surface area contributed by atoms with Crippen LogP contribution in [0, 0.1) is 13.8 Å². The fourth-order valence-electron chi connectivity index (χ4n) is 4.09. The lowest BCUT2D eigenvalue weighted by Crippen LogP contribution is -2.23. The summed E-state index contributed by atoms with van der Waals surface area (Å²) < 4.78 is 8.28. The van der Waals surface area contributed by atoms with Crippen molar-refractivity contribution in [3.63, 3.8) is 0 Å². The summed E-state index contributed by atoms with van der Waals surface area (Å²) in [6.45, 7) is 6.04. The highest BCUT2D eigenvalue weighted by atomic mass is 16.5. The van der Waals surface area contributed by atoms with Gasteiger partial charge in [-0.25, -0.2) is 4.98 Å². The van der Waals surface area contributed by atoms with Gasteiger partial charge in [0.05, 0.1) is 17.6 Å². The molecule has 0 bridgehead atoms. The third-order valence-corrected chi connectivity index (χ3v) is 5.62. The molecule has 1 heterocycles. The average molecular weight is 454 g/mol. The number of aromatic nitrogens is 2. The van der Waals surface area contributed by atoms with Crippen LogP contribution >= 0.6 is 0 Å². The summed E-state index contributed by atoms with van der Waals surface area (Å²) in [5.41, 5.74) is 5.50. The van der Waals surface area contributed by atoms with Gasteiger partial charge >= 0.3 is 0 Å².